The number of aryl methyl sites for hydroxylation is 1. The van der Waals surface area contributed by atoms with Crippen LogP contribution in [0.15, 0.2) is 28.7 Å². The van der Waals surface area contributed by atoms with Gasteiger partial charge in [0.2, 0.25) is 0 Å². The van der Waals surface area contributed by atoms with E-state index in [0.29, 0.717) is 6.61 Å². The van der Waals surface area contributed by atoms with Crippen molar-refractivity contribution in [3.63, 3.8) is 0 Å². The molecule has 0 aromatic heterocycles. The highest BCUT2D eigenvalue weighted by Crippen LogP contribution is 2.16. The van der Waals surface area contributed by atoms with Crippen molar-refractivity contribution in [3.8, 4) is 0 Å². The molecule has 0 saturated carbocycles. The van der Waals surface area contributed by atoms with E-state index in [1.165, 1.54) is 5.56 Å². The predicted octanol–water partition coefficient (Wildman–Crippen LogP) is 3.17. The Balaban J connectivity index is 2.15. The Bertz CT molecular complexity index is 313. The second kappa shape index (κ2) is 7.18. The molecule has 1 N–H and O–H groups in total. The molecule has 0 heterocycles. The fourth-order valence-corrected chi connectivity index (χ4v) is 1.83. The first-order valence-electron chi connectivity index (χ1n) is 4.78. The summed E-state index contributed by atoms with van der Waals surface area (Å²) in [6, 6.07) is 8.16. The van der Waals surface area contributed by atoms with Crippen LogP contribution in [0.1, 0.15) is 18.4 Å². The molecule has 1 unspecified atom stereocenters. The molecule has 84 valence electrons. The minimum atomic E-state index is -2.74. The molecule has 0 aliphatic carbocycles. The van der Waals surface area contributed by atoms with Gasteiger partial charge in [0.05, 0.1) is 6.61 Å². The van der Waals surface area contributed by atoms with Crippen LogP contribution in [0.5, 0.6) is 0 Å². The molecule has 0 bridgehead atoms. The number of halogens is 1. The smallest absolute Gasteiger partial charge is 0.316 e. The van der Waals surface area contributed by atoms with Crippen molar-refractivity contribution in [2.24, 2.45) is 0 Å². The minimum absolute atomic E-state index is 0.366. The SMILES string of the molecule is O=[PH](O)OCCCCc1ccc(Br)cc1. The molecule has 3 nitrogen and oxygen atoms in total. The second-order valence-electron chi connectivity index (χ2n) is 3.20. The number of hydrogen-bond donors (Lipinski definition) is 1. The van der Waals surface area contributed by atoms with Gasteiger partial charge in [0.25, 0.3) is 0 Å². The number of unbranched alkanes of at least 4 members (excludes halogenated alkanes) is 1. The Morgan fingerprint density at radius 3 is 2.53 bits per heavy atom. The van der Waals surface area contributed by atoms with Crippen LogP contribution in [-0.2, 0) is 15.5 Å². The van der Waals surface area contributed by atoms with E-state index in [1.807, 2.05) is 12.1 Å². The normalized spacial score (nSPS) is 12.7. The summed E-state index contributed by atoms with van der Waals surface area (Å²) < 4.78 is 15.9. The van der Waals surface area contributed by atoms with Gasteiger partial charge in [-0.25, -0.2) is 0 Å². The van der Waals surface area contributed by atoms with Crippen LogP contribution in [0.25, 0.3) is 0 Å². The van der Waals surface area contributed by atoms with E-state index in [1.54, 1.807) is 0 Å². The summed E-state index contributed by atoms with van der Waals surface area (Å²) in [5, 5.41) is 0. The van der Waals surface area contributed by atoms with E-state index in [4.69, 9.17) is 4.89 Å². The van der Waals surface area contributed by atoms with E-state index in [9.17, 15) is 4.57 Å². The second-order valence-corrected chi connectivity index (χ2v) is 4.93. The maximum Gasteiger partial charge on any atom is 0.316 e. The summed E-state index contributed by atoms with van der Waals surface area (Å²) in [5.74, 6) is 0. The maximum absolute atomic E-state index is 10.2. The zero-order chi connectivity index (χ0) is 11.1. The Hall–Kier alpha value is -0.150. The molecule has 1 aromatic rings. The van der Waals surface area contributed by atoms with E-state index < -0.39 is 8.25 Å². The zero-order valence-corrected chi connectivity index (χ0v) is 10.9. The first-order chi connectivity index (χ1) is 7.18. The van der Waals surface area contributed by atoms with Gasteiger partial charge in [-0.15, -0.1) is 0 Å². The Morgan fingerprint density at radius 2 is 1.93 bits per heavy atom. The molecule has 0 fully saturated rings. The van der Waals surface area contributed by atoms with Crippen molar-refractivity contribution in [2.75, 3.05) is 6.61 Å². The van der Waals surface area contributed by atoms with Gasteiger partial charge in [-0.1, -0.05) is 28.1 Å². The average molecular weight is 293 g/mol. The van der Waals surface area contributed by atoms with Crippen LogP contribution in [-0.4, -0.2) is 11.5 Å². The first kappa shape index (κ1) is 12.9. The van der Waals surface area contributed by atoms with Gasteiger partial charge in [-0.05, 0) is 37.0 Å². The number of benzene rings is 1. The molecule has 1 rings (SSSR count). The summed E-state index contributed by atoms with van der Waals surface area (Å²) in [6.45, 7) is 0.366. The molecule has 15 heavy (non-hydrogen) atoms. The molecule has 0 aliphatic heterocycles. The molecule has 5 heteroatoms. The highest BCUT2D eigenvalue weighted by atomic mass is 79.9. The van der Waals surface area contributed by atoms with Crippen molar-refractivity contribution in [3.05, 3.63) is 34.3 Å². The Morgan fingerprint density at radius 1 is 1.27 bits per heavy atom. The molecular weight excluding hydrogens is 279 g/mol. The summed E-state index contributed by atoms with van der Waals surface area (Å²) in [4.78, 5) is 8.42. The van der Waals surface area contributed by atoms with Crippen LogP contribution in [0, 0.1) is 0 Å². The molecule has 0 amide bonds. The Kier molecular flexibility index (Phi) is 6.18. The monoisotopic (exact) mass is 292 g/mol. The van der Waals surface area contributed by atoms with Gasteiger partial charge in [-0.3, -0.25) is 4.57 Å². The Labute approximate surface area is 98.5 Å². The minimum Gasteiger partial charge on any atom is -0.326 e. The standard InChI is InChI=1S/C10H14BrO3P/c11-10-6-4-9(5-7-10)3-1-2-8-14-15(12)13/h4-7,15H,1-3,8H2,(H,12,13). The highest BCUT2D eigenvalue weighted by Gasteiger charge is 1.95. The third kappa shape index (κ3) is 6.10. The van der Waals surface area contributed by atoms with E-state index in [-0.39, 0.29) is 0 Å². The van der Waals surface area contributed by atoms with Crippen LogP contribution in [0.2, 0.25) is 0 Å². The fraction of sp³-hybridized carbons (Fsp3) is 0.400. The molecule has 0 saturated heterocycles. The molecule has 0 radical (unpaired) electrons. The average Bonchev–Trinajstić information content (AvgIpc) is 2.20. The van der Waals surface area contributed by atoms with E-state index in [0.717, 1.165) is 23.7 Å². The maximum atomic E-state index is 10.2. The van der Waals surface area contributed by atoms with Gasteiger partial charge >= 0.3 is 8.25 Å². The van der Waals surface area contributed by atoms with E-state index >= 15 is 0 Å². The third-order valence-corrected chi connectivity index (χ3v) is 2.98. The number of hydrogen-bond acceptors (Lipinski definition) is 2. The predicted molar refractivity (Wildman–Crippen MR) is 64.3 cm³/mol. The lowest BCUT2D eigenvalue weighted by atomic mass is 10.1. The summed E-state index contributed by atoms with van der Waals surface area (Å²) in [6.07, 6.45) is 2.76. The van der Waals surface area contributed by atoms with Crippen LogP contribution in [0.4, 0.5) is 0 Å². The molecular formula is C10H14BrO3P. The van der Waals surface area contributed by atoms with Crippen molar-refractivity contribution in [2.45, 2.75) is 19.3 Å². The van der Waals surface area contributed by atoms with Crippen LogP contribution >= 0.6 is 24.2 Å². The number of rotatable bonds is 6. The van der Waals surface area contributed by atoms with Crippen molar-refractivity contribution in [1.82, 2.24) is 0 Å². The zero-order valence-electron chi connectivity index (χ0n) is 8.28. The van der Waals surface area contributed by atoms with Gasteiger partial charge < -0.3 is 9.42 Å². The summed E-state index contributed by atoms with van der Waals surface area (Å²) in [5.41, 5.74) is 1.27. The lowest BCUT2D eigenvalue weighted by Gasteiger charge is -2.01. The quantitative estimate of drug-likeness (QED) is 0.647. The van der Waals surface area contributed by atoms with Crippen LogP contribution in [0.3, 0.4) is 0 Å². The fourth-order valence-electron chi connectivity index (χ4n) is 1.24. The van der Waals surface area contributed by atoms with Crippen molar-refractivity contribution >= 4 is 24.2 Å². The molecule has 0 spiro atoms. The lowest BCUT2D eigenvalue weighted by molar-refractivity contribution is 0.275. The van der Waals surface area contributed by atoms with Gasteiger partial charge in [0.1, 0.15) is 0 Å². The van der Waals surface area contributed by atoms with Crippen molar-refractivity contribution in [1.29, 1.82) is 0 Å². The van der Waals surface area contributed by atoms with Gasteiger partial charge in [0.15, 0.2) is 0 Å². The molecule has 1 aromatic carbocycles. The third-order valence-electron chi connectivity index (χ3n) is 2.00. The van der Waals surface area contributed by atoms with Gasteiger partial charge in [-0.2, -0.15) is 0 Å². The topological polar surface area (TPSA) is 46.5 Å². The van der Waals surface area contributed by atoms with Crippen molar-refractivity contribution < 1.29 is 14.0 Å². The van der Waals surface area contributed by atoms with Crippen LogP contribution < -0.4 is 0 Å². The summed E-state index contributed by atoms with van der Waals surface area (Å²) in [7, 11) is -2.74. The van der Waals surface area contributed by atoms with E-state index in [2.05, 4.69) is 32.6 Å². The largest absolute Gasteiger partial charge is 0.326 e. The first-order valence-corrected chi connectivity index (χ1v) is 6.84. The summed E-state index contributed by atoms with van der Waals surface area (Å²) >= 11 is 3.38. The molecule has 1 atom stereocenters. The highest BCUT2D eigenvalue weighted by molar-refractivity contribution is 9.10. The lowest BCUT2D eigenvalue weighted by Crippen LogP contribution is -1.90. The molecule has 0 aliphatic rings. The van der Waals surface area contributed by atoms with Gasteiger partial charge in [0, 0.05) is 4.47 Å².